The smallest absolute Gasteiger partial charge is 0.328 e. The molecular formula is C30H43N3O8S. The molecule has 1 saturated carbocycles. The second-order valence-electron chi connectivity index (χ2n) is 11.0. The Morgan fingerprint density at radius 1 is 1.05 bits per heavy atom. The Hall–Kier alpha value is -3.35. The number of hydrogen-bond acceptors (Lipinski definition) is 9. The summed E-state index contributed by atoms with van der Waals surface area (Å²) in [6, 6.07) is 11.3. The molecule has 0 spiro atoms. The molecule has 5 N–H and O–H groups in total. The van der Waals surface area contributed by atoms with Gasteiger partial charge >= 0.3 is 5.97 Å². The first-order valence-corrected chi connectivity index (χ1v) is 16.2. The fraction of sp³-hybridized carbons (Fsp3) is 0.533. The summed E-state index contributed by atoms with van der Waals surface area (Å²) in [6.07, 6.45) is 4.03. The molecule has 1 amide bonds. The van der Waals surface area contributed by atoms with Gasteiger partial charge < -0.3 is 30.3 Å². The number of carbonyl (C=O) groups excluding carboxylic acids is 2. The molecule has 11 nitrogen and oxygen atoms in total. The SMILES string of the molecule is CCOC(=O)[C@@H](NC(=O)c1ccc(C2CCC(NC[C@H](O)COc3ccc(O)c(NS(C)(=O)=O)c3)CC2)cc1)C(C)C. The number of phenolic OH excluding ortho intramolecular Hbond substituents is 1. The van der Waals surface area contributed by atoms with Crippen molar-refractivity contribution in [1.82, 2.24) is 10.6 Å². The van der Waals surface area contributed by atoms with Crippen LogP contribution in [0, 0.1) is 5.92 Å². The third-order valence-electron chi connectivity index (χ3n) is 7.21. The van der Waals surface area contributed by atoms with E-state index >= 15 is 0 Å². The molecule has 0 saturated heterocycles. The minimum absolute atomic E-state index is 0.00304. The Balaban J connectivity index is 1.42. The van der Waals surface area contributed by atoms with Crippen molar-refractivity contribution in [2.75, 3.05) is 30.7 Å². The van der Waals surface area contributed by atoms with Gasteiger partial charge in [0.05, 0.1) is 18.6 Å². The van der Waals surface area contributed by atoms with Crippen LogP contribution < -0.4 is 20.1 Å². The Labute approximate surface area is 248 Å². The molecule has 12 heteroatoms. The molecule has 0 aliphatic heterocycles. The van der Waals surface area contributed by atoms with Gasteiger partial charge in [-0.05, 0) is 74.3 Å². The molecule has 0 unspecified atom stereocenters. The molecule has 2 aromatic rings. The maximum atomic E-state index is 12.7. The molecule has 0 radical (unpaired) electrons. The Morgan fingerprint density at radius 3 is 2.31 bits per heavy atom. The minimum Gasteiger partial charge on any atom is -0.506 e. The highest BCUT2D eigenvalue weighted by atomic mass is 32.2. The second-order valence-corrected chi connectivity index (χ2v) is 12.8. The van der Waals surface area contributed by atoms with Crippen LogP contribution in [0.2, 0.25) is 0 Å². The van der Waals surface area contributed by atoms with Crippen LogP contribution in [-0.2, 0) is 19.6 Å². The highest BCUT2D eigenvalue weighted by molar-refractivity contribution is 7.92. The summed E-state index contributed by atoms with van der Waals surface area (Å²) in [7, 11) is -3.56. The van der Waals surface area contributed by atoms with Gasteiger partial charge in [0.2, 0.25) is 10.0 Å². The standard InChI is InChI=1S/C30H43N3O8S/c1-5-40-30(37)28(19(2)3)32-29(36)22-8-6-20(7-9-22)21-10-12-23(13-11-21)31-17-24(34)18-41-25-14-15-27(35)26(16-25)33-42(4,38)39/h6-9,14-16,19,21,23-24,28,31,33-35H,5,10-13,17-18H2,1-4H3,(H,32,36)/t21?,23?,24-,28-/m0/s1. The summed E-state index contributed by atoms with van der Waals surface area (Å²) in [5, 5.41) is 26.4. The number of esters is 1. The largest absolute Gasteiger partial charge is 0.506 e. The van der Waals surface area contributed by atoms with Gasteiger partial charge in [0.25, 0.3) is 5.91 Å². The Bertz CT molecular complexity index is 1290. The van der Waals surface area contributed by atoms with E-state index < -0.39 is 28.1 Å². The van der Waals surface area contributed by atoms with Gasteiger partial charge in [0, 0.05) is 24.2 Å². The van der Waals surface area contributed by atoms with Crippen LogP contribution in [0.4, 0.5) is 5.69 Å². The van der Waals surface area contributed by atoms with Crippen molar-refractivity contribution >= 4 is 27.6 Å². The summed E-state index contributed by atoms with van der Waals surface area (Å²) < 4.78 is 35.8. The van der Waals surface area contributed by atoms with Gasteiger partial charge in [-0.25, -0.2) is 13.2 Å². The van der Waals surface area contributed by atoms with E-state index in [2.05, 4.69) is 15.4 Å². The zero-order valence-electron chi connectivity index (χ0n) is 24.6. The average Bonchev–Trinajstić information content (AvgIpc) is 2.94. The van der Waals surface area contributed by atoms with Crippen molar-refractivity contribution in [3.63, 3.8) is 0 Å². The number of aliphatic hydroxyl groups is 1. The number of phenols is 1. The van der Waals surface area contributed by atoms with Crippen LogP contribution in [0.25, 0.3) is 0 Å². The van der Waals surface area contributed by atoms with Crippen LogP contribution in [0.3, 0.4) is 0 Å². The topological polar surface area (TPSA) is 163 Å². The minimum atomic E-state index is -3.56. The molecule has 0 heterocycles. The predicted molar refractivity (Wildman–Crippen MR) is 160 cm³/mol. The summed E-state index contributed by atoms with van der Waals surface area (Å²) in [6.45, 7) is 6.06. The maximum Gasteiger partial charge on any atom is 0.328 e. The van der Waals surface area contributed by atoms with E-state index in [9.17, 15) is 28.2 Å². The summed E-state index contributed by atoms with van der Waals surface area (Å²) >= 11 is 0. The molecule has 1 fully saturated rings. The summed E-state index contributed by atoms with van der Waals surface area (Å²) in [5.74, 6) is -0.360. The lowest BCUT2D eigenvalue weighted by atomic mass is 9.81. The number of rotatable bonds is 14. The van der Waals surface area contributed by atoms with Crippen LogP contribution in [0.15, 0.2) is 42.5 Å². The molecule has 0 aromatic heterocycles. The predicted octanol–water partition coefficient (Wildman–Crippen LogP) is 3.14. The first-order valence-electron chi connectivity index (χ1n) is 14.3. The number of aliphatic hydroxyl groups excluding tert-OH is 1. The van der Waals surface area contributed by atoms with Crippen LogP contribution in [0.5, 0.6) is 11.5 Å². The number of nitrogens with one attached hydrogen (secondary N) is 3. The zero-order valence-corrected chi connectivity index (χ0v) is 25.4. The Kier molecular flexibility index (Phi) is 12.0. The van der Waals surface area contributed by atoms with E-state index in [1.807, 2.05) is 26.0 Å². The normalized spacial score (nSPS) is 18.6. The zero-order chi connectivity index (χ0) is 30.9. The van der Waals surface area contributed by atoms with E-state index in [4.69, 9.17) is 9.47 Å². The van der Waals surface area contributed by atoms with Crippen molar-refractivity contribution in [3.8, 4) is 11.5 Å². The lowest BCUT2D eigenvalue weighted by Crippen LogP contribution is -2.45. The Morgan fingerprint density at radius 2 is 1.71 bits per heavy atom. The monoisotopic (exact) mass is 605 g/mol. The number of sulfonamides is 1. The number of hydrogen-bond donors (Lipinski definition) is 5. The molecule has 3 rings (SSSR count). The van der Waals surface area contributed by atoms with Crippen molar-refractivity contribution in [2.24, 2.45) is 5.92 Å². The lowest BCUT2D eigenvalue weighted by molar-refractivity contribution is -0.146. The first-order chi connectivity index (χ1) is 19.9. The van der Waals surface area contributed by atoms with Crippen LogP contribution in [0.1, 0.15) is 68.3 Å². The third-order valence-corrected chi connectivity index (χ3v) is 7.80. The number of amides is 1. The number of aromatic hydroxyl groups is 1. The van der Waals surface area contributed by atoms with Gasteiger partial charge in [-0.3, -0.25) is 9.52 Å². The van der Waals surface area contributed by atoms with Crippen molar-refractivity contribution in [3.05, 3.63) is 53.6 Å². The lowest BCUT2D eigenvalue weighted by Gasteiger charge is -2.30. The fourth-order valence-electron chi connectivity index (χ4n) is 4.93. The van der Waals surface area contributed by atoms with Gasteiger partial charge in [0.15, 0.2) is 0 Å². The van der Waals surface area contributed by atoms with E-state index in [0.29, 0.717) is 23.8 Å². The van der Waals surface area contributed by atoms with E-state index in [-0.39, 0.29) is 42.5 Å². The molecular weight excluding hydrogens is 562 g/mol. The molecule has 1 aliphatic rings. The first kappa shape index (κ1) is 33.2. The van der Waals surface area contributed by atoms with E-state index in [1.54, 1.807) is 19.1 Å². The van der Waals surface area contributed by atoms with Crippen molar-refractivity contribution < 1.29 is 37.7 Å². The average molecular weight is 606 g/mol. The third kappa shape index (κ3) is 10.2. The molecule has 0 bridgehead atoms. The fourth-order valence-corrected chi connectivity index (χ4v) is 5.50. The highest BCUT2D eigenvalue weighted by Crippen LogP contribution is 2.33. The molecule has 42 heavy (non-hydrogen) atoms. The van der Waals surface area contributed by atoms with E-state index in [0.717, 1.165) is 31.9 Å². The molecule has 232 valence electrons. The molecule has 2 aromatic carbocycles. The highest BCUT2D eigenvalue weighted by Gasteiger charge is 2.27. The van der Waals surface area contributed by atoms with Crippen LogP contribution in [-0.4, -0.2) is 74.7 Å². The van der Waals surface area contributed by atoms with Crippen molar-refractivity contribution in [2.45, 2.75) is 70.6 Å². The molecule has 2 atom stereocenters. The summed E-state index contributed by atoms with van der Waals surface area (Å²) in [4.78, 5) is 24.9. The van der Waals surface area contributed by atoms with Crippen LogP contribution >= 0.6 is 0 Å². The number of carbonyl (C=O) groups is 2. The maximum absolute atomic E-state index is 12.7. The number of anilines is 1. The summed E-state index contributed by atoms with van der Waals surface area (Å²) in [5.41, 5.74) is 1.67. The van der Waals surface area contributed by atoms with Gasteiger partial charge in [-0.1, -0.05) is 26.0 Å². The van der Waals surface area contributed by atoms with Crippen molar-refractivity contribution in [1.29, 1.82) is 0 Å². The van der Waals surface area contributed by atoms with E-state index in [1.165, 1.54) is 23.8 Å². The quantitative estimate of drug-likeness (QED) is 0.161. The van der Waals surface area contributed by atoms with Gasteiger partial charge in [-0.2, -0.15) is 0 Å². The van der Waals surface area contributed by atoms with Gasteiger partial charge in [0.1, 0.15) is 30.3 Å². The number of ether oxygens (including phenoxy) is 2. The van der Waals surface area contributed by atoms with Gasteiger partial charge in [-0.15, -0.1) is 0 Å². The molecule has 1 aliphatic carbocycles. The second kappa shape index (κ2) is 15.2. The number of benzene rings is 2.